The molecular formula is C12H17ClN6. The number of hydrogen-bond donors (Lipinski definition) is 2. The average molecular weight is 281 g/mol. The number of anilines is 1. The molecule has 1 aliphatic carbocycles. The van der Waals surface area contributed by atoms with Crippen LogP contribution in [0.2, 0.25) is 5.28 Å². The van der Waals surface area contributed by atoms with Gasteiger partial charge in [-0.1, -0.05) is 0 Å². The zero-order valence-corrected chi connectivity index (χ0v) is 11.8. The standard InChI is InChI=1S/C12H17ClN6/c1-19(2)12(4-3-5-12)6-14-9-8-10(16-7-15-8)18-11(13)17-9/h7H,3-6H2,1-2H3,(H2,14,15,16,17,18). The molecule has 1 saturated carbocycles. The molecule has 2 N–H and O–H groups in total. The first-order chi connectivity index (χ1) is 9.11. The Hall–Kier alpha value is -1.40. The SMILES string of the molecule is CN(C)C1(CNc2nc(Cl)nc3nc[nH]c23)CCC1. The zero-order chi connectivity index (χ0) is 13.5. The van der Waals surface area contributed by atoms with Crippen molar-refractivity contribution in [2.24, 2.45) is 0 Å². The molecule has 0 amide bonds. The van der Waals surface area contributed by atoms with Gasteiger partial charge in [0.2, 0.25) is 5.28 Å². The Kier molecular flexibility index (Phi) is 3.06. The largest absolute Gasteiger partial charge is 0.366 e. The predicted molar refractivity (Wildman–Crippen MR) is 75.5 cm³/mol. The van der Waals surface area contributed by atoms with E-state index in [0.717, 1.165) is 17.9 Å². The summed E-state index contributed by atoms with van der Waals surface area (Å²) in [5.41, 5.74) is 1.62. The fourth-order valence-electron chi connectivity index (χ4n) is 2.55. The monoisotopic (exact) mass is 280 g/mol. The summed E-state index contributed by atoms with van der Waals surface area (Å²) in [6.45, 7) is 0.849. The van der Waals surface area contributed by atoms with Gasteiger partial charge in [-0.2, -0.15) is 9.97 Å². The topological polar surface area (TPSA) is 69.7 Å². The second-order valence-corrected chi connectivity index (χ2v) is 5.61. The highest BCUT2D eigenvalue weighted by Gasteiger charge is 2.38. The summed E-state index contributed by atoms with van der Waals surface area (Å²) < 4.78 is 0. The molecule has 0 atom stereocenters. The van der Waals surface area contributed by atoms with Crippen LogP contribution in [0.1, 0.15) is 19.3 Å². The molecule has 2 heterocycles. The van der Waals surface area contributed by atoms with Crippen molar-refractivity contribution in [3.05, 3.63) is 11.6 Å². The van der Waals surface area contributed by atoms with E-state index in [1.54, 1.807) is 6.33 Å². The molecule has 0 spiro atoms. The van der Waals surface area contributed by atoms with Gasteiger partial charge in [0.25, 0.3) is 0 Å². The van der Waals surface area contributed by atoms with Crippen LogP contribution in [-0.2, 0) is 0 Å². The molecule has 1 fully saturated rings. The minimum absolute atomic E-state index is 0.217. The number of aromatic nitrogens is 4. The van der Waals surface area contributed by atoms with Crippen molar-refractivity contribution in [3.63, 3.8) is 0 Å². The molecule has 0 aliphatic heterocycles. The lowest BCUT2D eigenvalue weighted by atomic mass is 9.75. The van der Waals surface area contributed by atoms with Gasteiger partial charge in [0.1, 0.15) is 5.52 Å². The lowest BCUT2D eigenvalue weighted by molar-refractivity contribution is 0.0738. The first-order valence-electron chi connectivity index (χ1n) is 6.39. The third kappa shape index (κ3) is 2.15. The van der Waals surface area contributed by atoms with Crippen LogP contribution in [0, 0.1) is 0 Å². The first kappa shape index (κ1) is 12.6. The summed E-state index contributed by atoms with van der Waals surface area (Å²) in [6, 6.07) is 0. The molecular weight excluding hydrogens is 264 g/mol. The van der Waals surface area contributed by atoms with Crippen LogP contribution in [0.5, 0.6) is 0 Å². The summed E-state index contributed by atoms with van der Waals surface area (Å²) in [5, 5.41) is 3.61. The number of nitrogens with zero attached hydrogens (tertiary/aromatic N) is 4. The molecule has 0 saturated heterocycles. The third-order valence-electron chi connectivity index (χ3n) is 4.08. The maximum Gasteiger partial charge on any atom is 0.226 e. The van der Waals surface area contributed by atoms with E-state index in [-0.39, 0.29) is 10.8 Å². The highest BCUT2D eigenvalue weighted by molar-refractivity contribution is 6.28. The summed E-state index contributed by atoms with van der Waals surface area (Å²) in [4.78, 5) is 17.8. The van der Waals surface area contributed by atoms with Gasteiger partial charge in [0, 0.05) is 12.1 Å². The van der Waals surface area contributed by atoms with Gasteiger partial charge in [0.05, 0.1) is 6.33 Å². The van der Waals surface area contributed by atoms with E-state index in [1.807, 2.05) is 0 Å². The van der Waals surface area contributed by atoms with Gasteiger partial charge in [-0.25, -0.2) is 4.98 Å². The van der Waals surface area contributed by atoms with Crippen LogP contribution in [0.25, 0.3) is 11.2 Å². The lowest BCUT2D eigenvalue weighted by Crippen LogP contribution is -2.54. The molecule has 0 radical (unpaired) electrons. The van der Waals surface area contributed by atoms with Gasteiger partial charge < -0.3 is 15.2 Å². The maximum atomic E-state index is 5.91. The number of nitrogens with one attached hydrogen (secondary N) is 2. The number of aromatic amines is 1. The second-order valence-electron chi connectivity index (χ2n) is 5.27. The predicted octanol–water partition coefficient (Wildman–Crippen LogP) is 1.90. The summed E-state index contributed by atoms with van der Waals surface area (Å²) >= 11 is 5.91. The van der Waals surface area contributed by atoms with Gasteiger partial charge >= 0.3 is 0 Å². The molecule has 0 bridgehead atoms. The summed E-state index contributed by atoms with van der Waals surface area (Å²) in [7, 11) is 4.25. The number of imidazole rings is 1. The van der Waals surface area contributed by atoms with E-state index >= 15 is 0 Å². The van der Waals surface area contributed by atoms with Crippen LogP contribution >= 0.6 is 11.6 Å². The minimum Gasteiger partial charge on any atom is -0.366 e. The van der Waals surface area contributed by atoms with E-state index in [2.05, 4.69) is 44.2 Å². The molecule has 3 rings (SSSR count). The normalized spacial score (nSPS) is 17.7. The van der Waals surface area contributed by atoms with E-state index in [9.17, 15) is 0 Å². The smallest absolute Gasteiger partial charge is 0.226 e. The Balaban J connectivity index is 1.83. The number of rotatable bonds is 4. The number of fused-ring (bicyclic) bond motifs is 1. The Bertz CT molecular complexity index is 589. The van der Waals surface area contributed by atoms with Gasteiger partial charge in [-0.05, 0) is 45.0 Å². The highest BCUT2D eigenvalue weighted by atomic mass is 35.5. The molecule has 0 unspecified atom stereocenters. The lowest BCUT2D eigenvalue weighted by Gasteiger charge is -2.47. The molecule has 7 heteroatoms. The second kappa shape index (κ2) is 4.61. The number of H-pyrrole nitrogens is 1. The third-order valence-corrected chi connectivity index (χ3v) is 4.25. The summed E-state index contributed by atoms with van der Waals surface area (Å²) in [6.07, 6.45) is 5.30. The molecule has 1 aliphatic rings. The molecule has 6 nitrogen and oxygen atoms in total. The molecule has 2 aromatic heterocycles. The van der Waals surface area contributed by atoms with Crippen molar-refractivity contribution < 1.29 is 0 Å². The van der Waals surface area contributed by atoms with Crippen LogP contribution in [0.3, 0.4) is 0 Å². The average Bonchev–Trinajstić information content (AvgIpc) is 2.74. The Labute approximate surface area is 116 Å². The van der Waals surface area contributed by atoms with Crippen LogP contribution in [-0.4, -0.2) is 51.0 Å². The summed E-state index contributed by atoms with van der Waals surface area (Å²) in [5.74, 6) is 0.723. The van der Waals surface area contributed by atoms with Crippen LogP contribution in [0.15, 0.2) is 6.33 Å². The fraction of sp³-hybridized carbons (Fsp3) is 0.583. The number of halogens is 1. The maximum absolute atomic E-state index is 5.91. The van der Waals surface area contributed by atoms with Crippen molar-refractivity contribution in [1.29, 1.82) is 0 Å². The molecule has 102 valence electrons. The van der Waals surface area contributed by atoms with Crippen LogP contribution < -0.4 is 5.32 Å². The first-order valence-corrected chi connectivity index (χ1v) is 6.76. The van der Waals surface area contributed by atoms with Gasteiger partial charge in [0.15, 0.2) is 11.5 Å². The van der Waals surface area contributed by atoms with Crippen molar-refractivity contribution in [2.45, 2.75) is 24.8 Å². The van der Waals surface area contributed by atoms with E-state index in [1.165, 1.54) is 19.3 Å². The zero-order valence-electron chi connectivity index (χ0n) is 11.1. The van der Waals surface area contributed by atoms with Crippen LogP contribution in [0.4, 0.5) is 5.82 Å². The highest BCUT2D eigenvalue weighted by Crippen LogP contribution is 2.36. The van der Waals surface area contributed by atoms with Gasteiger partial charge in [-0.3, -0.25) is 0 Å². The Morgan fingerprint density at radius 2 is 2.21 bits per heavy atom. The van der Waals surface area contributed by atoms with Gasteiger partial charge in [-0.15, -0.1) is 0 Å². The minimum atomic E-state index is 0.217. The number of likely N-dealkylation sites (N-methyl/N-ethyl adjacent to an activating group) is 1. The van der Waals surface area contributed by atoms with E-state index < -0.39 is 0 Å². The fourth-order valence-corrected chi connectivity index (χ4v) is 2.71. The van der Waals surface area contributed by atoms with Crippen molar-refractivity contribution >= 4 is 28.6 Å². The van der Waals surface area contributed by atoms with E-state index in [0.29, 0.717) is 5.65 Å². The Morgan fingerprint density at radius 1 is 1.42 bits per heavy atom. The van der Waals surface area contributed by atoms with Crippen molar-refractivity contribution in [3.8, 4) is 0 Å². The van der Waals surface area contributed by atoms with E-state index in [4.69, 9.17) is 11.6 Å². The molecule has 2 aromatic rings. The van der Waals surface area contributed by atoms with Crippen molar-refractivity contribution in [2.75, 3.05) is 26.0 Å². The molecule has 19 heavy (non-hydrogen) atoms. The van der Waals surface area contributed by atoms with Crippen molar-refractivity contribution in [1.82, 2.24) is 24.8 Å². The quantitative estimate of drug-likeness (QED) is 0.837. The number of hydrogen-bond acceptors (Lipinski definition) is 5. The Morgan fingerprint density at radius 3 is 2.84 bits per heavy atom. The molecule has 0 aromatic carbocycles.